The number of hydrazone groups is 1. The summed E-state index contributed by atoms with van der Waals surface area (Å²) in [6.45, 7) is 1.81. The third kappa shape index (κ3) is 5.52. The van der Waals surface area contributed by atoms with Crippen molar-refractivity contribution < 1.29 is 14.3 Å². The van der Waals surface area contributed by atoms with Crippen molar-refractivity contribution in [3.63, 3.8) is 0 Å². The van der Waals surface area contributed by atoms with Crippen molar-refractivity contribution >= 4 is 34.3 Å². The zero-order chi connectivity index (χ0) is 24.8. The summed E-state index contributed by atoms with van der Waals surface area (Å²) in [4.78, 5) is 30.5. The fraction of sp³-hybridized carbons (Fsp3) is 0.154. The van der Waals surface area contributed by atoms with E-state index in [1.165, 1.54) is 4.57 Å². The number of carbonyl (C=O) groups is 1. The number of rotatable bonds is 8. The first kappa shape index (κ1) is 24.0. The van der Waals surface area contributed by atoms with Crippen LogP contribution in [0.3, 0.4) is 0 Å². The maximum atomic E-state index is 13.3. The van der Waals surface area contributed by atoms with Crippen LogP contribution in [0.5, 0.6) is 11.5 Å². The largest absolute Gasteiger partial charge is 0.497 e. The monoisotopic (exact) mass is 488 g/mol. The van der Waals surface area contributed by atoms with Gasteiger partial charge in [0.15, 0.2) is 5.16 Å². The molecule has 35 heavy (non-hydrogen) atoms. The highest BCUT2D eigenvalue weighted by Gasteiger charge is 2.15. The van der Waals surface area contributed by atoms with Gasteiger partial charge in [0.2, 0.25) is 0 Å². The third-order valence-electron chi connectivity index (χ3n) is 5.26. The van der Waals surface area contributed by atoms with Gasteiger partial charge < -0.3 is 9.47 Å². The van der Waals surface area contributed by atoms with Gasteiger partial charge in [-0.3, -0.25) is 14.2 Å². The minimum Gasteiger partial charge on any atom is -0.497 e. The molecule has 0 saturated heterocycles. The molecule has 4 aromatic rings. The highest BCUT2D eigenvalue weighted by Crippen LogP contribution is 2.22. The molecule has 1 aromatic heterocycles. The molecule has 0 spiro atoms. The fourth-order valence-corrected chi connectivity index (χ4v) is 4.18. The Bertz CT molecular complexity index is 1430. The Morgan fingerprint density at radius 3 is 2.26 bits per heavy atom. The molecule has 1 N–H and O–H groups in total. The molecule has 4 rings (SSSR count). The molecule has 0 aliphatic carbocycles. The minimum atomic E-state index is -0.313. The number of nitrogens with one attached hydrogen (secondary N) is 1. The molecule has 0 aliphatic heterocycles. The molecule has 1 amide bonds. The van der Waals surface area contributed by atoms with Crippen molar-refractivity contribution in [2.24, 2.45) is 5.10 Å². The molecular formula is C26H24N4O4S. The van der Waals surface area contributed by atoms with Crippen LogP contribution >= 0.6 is 11.8 Å². The number of aromatic nitrogens is 2. The molecule has 8 nitrogen and oxygen atoms in total. The Balaban J connectivity index is 1.56. The highest BCUT2D eigenvalue weighted by atomic mass is 32.2. The number of carbonyl (C=O) groups excluding carboxylic acids is 1. The van der Waals surface area contributed by atoms with Gasteiger partial charge in [-0.05, 0) is 73.2 Å². The average molecular weight is 489 g/mol. The van der Waals surface area contributed by atoms with Crippen molar-refractivity contribution in [1.29, 1.82) is 0 Å². The van der Waals surface area contributed by atoms with Crippen LogP contribution in [0.25, 0.3) is 16.6 Å². The Morgan fingerprint density at radius 2 is 1.60 bits per heavy atom. The van der Waals surface area contributed by atoms with Crippen LogP contribution in [0.2, 0.25) is 0 Å². The zero-order valence-corrected chi connectivity index (χ0v) is 20.3. The quantitative estimate of drug-likeness (QED) is 0.174. The van der Waals surface area contributed by atoms with Crippen molar-refractivity contribution in [2.45, 2.75) is 12.1 Å². The second-order valence-electron chi connectivity index (χ2n) is 7.50. The molecule has 0 bridgehead atoms. The van der Waals surface area contributed by atoms with Crippen LogP contribution in [0.4, 0.5) is 0 Å². The SMILES string of the molecule is COc1ccc(/C(C)=N/NC(=O)CSc2nc3ccccc3c(=O)n2-c2ccc(OC)cc2)cc1. The van der Waals surface area contributed by atoms with Crippen molar-refractivity contribution in [3.05, 3.63) is 88.7 Å². The number of amides is 1. The van der Waals surface area contributed by atoms with Crippen LogP contribution in [-0.2, 0) is 4.79 Å². The lowest BCUT2D eigenvalue weighted by Gasteiger charge is -2.13. The van der Waals surface area contributed by atoms with E-state index in [0.717, 1.165) is 23.1 Å². The predicted octanol–water partition coefficient (Wildman–Crippen LogP) is 4.04. The summed E-state index contributed by atoms with van der Waals surface area (Å²) in [5.41, 5.74) is 5.08. The molecule has 0 atom stereocenters. The van der Waals surface area contributed by atoms with Crippen LogP contribution in [0, 0.1) is 0 Å². The van der Waals surface area contributed by atoms with Gasteiger partial charge in [-0.2, -0.15) is 5.10 Å². The van der Waals surface area contributed by atoms with Gasteiger partial charge in [0.1, 0.15) is 11.5 Å². The fourth-order valence-electron chi connectivity index (χ4n) is 3.37. The topological polar surface area (TPSA) is 94.8 Å². The van der Waals surface area contributed by atoms with Gasteiger partial charge in [-0.15, -0.1) is 0 Å². The molecule has 1 heterocycles. The Labute approximate surface area is 206 Å². The van der Waals surface area contributed by atoms with Gasteiger partial charge >= 0.3 is 0 Å². The van der Waals surface area contributed by atoms with E-state index in [1.54, 1.807) is 56.7 Å². The Hall–Kier alpha value is -4.11. The highest BCUT2D eigenvalue weighted by molar-refractivity contribution is 7.99. The number of nitrogens with zero attached hydrogens (tertiary/aromatic N) is 3. The summed E-state index contributed by atoms with van der Waals surface area (Å²) < 4.78 is 11.9. The number of para-hydroxylation sites is 1. The van der Waals surface area contributed by atoms with Gasteiger partial charge in [-0.25, -0.2) is 10.4 Å². The maximum Gasteiger partial charge on any atom is 0.266 e. The summed E-state index contributed by atoms with van der Waals surface area (Å²) >= 11 is 1.16. The minimum absolute atomic E-state index is 0.0281. The molecule has 3 aromatic carbocycles. The van der Waals surface area contributed by atoms with Crippen LogP contribution < -0.4 is 20.5 Å². The Morgan fingerprint density at radius 1 is 0.971 bits per heavy atom. The smallest absolute Gasteiger partial charge is 0.266 e. The average Bonchev–Trinajstić information content (AvgIpc) is 2.90. The van der Waals surface area contributed by atoms with E-state index in [9.17, 15) is 9.59 Å². The number of thioether (sulfide) groups is 1. The summed E-state index contributed by atoms with van der Waals surface area (Å²) in [5, 5.41) is 5.09. The summed E-state index contributed by atoms with van der Waals surface area (Å²) in [6, 6.07) is 21.6. The van der Waals surface area contributed by atoms with Crippen molar-refractivity contribution in [3.8, 4) is 17.2 Å². The van der Waals surface area contributed by atoms with Gasteiger partial charge in [0.25, 0.3) is 11.5 Å². The third-order valence-corrected chi connectivity index (χ3v) is 6.20. The van der Waals surface area contributed by atoms with E-state index in [0.29, 0.717) is 33.2 Å². The van der Waals surface area contributed by atoms with E-state index in [1.807, 2.05) is 37.3 Å². The van der Waals surface area contributed by atoms with Crippen molar-refractivity contribution in [2.75, 3.05) is 20.0 Å². The van der Waals surface area contributed by atoms with Gasteiger partial charge in [0.05, 0.1) is 42.3 Å². The van der Waals surface area contributed by atoms with E-state index >= 15 is 0 Å². The molecule has 0 fully saturated rings. The number of fused-ring (bicyclic) bond motifs is 1. The number of hydrogen-bond donors (Lipinski definition) is 1. The lowest BCUT2D eigenvalue weighted by molar-refractivity contribution is -0.118. The van der Waals surface area contributed by atoms with E-state index < -0.39 is 0 Å². The second-order valence-corrected chi connectivity index (χ2v) is 8.44. The molecule has 9 heteroatoms. The summed E-state index contributed by atoms with van der Waals surface area (Å²) in [5.74, 6) is 1.13. The van der Waals surface area contributed by atoms with E-state index in [2.05, 4.69) is 15.5 Å². The van der Waals surface area contributed by atoms with E-state index in [-0.39, 0.29) is 17.2 Å². The van der Waals surface area contributed by atoms with Gasteiger partial charge in [-0.1, -0.05) is 23.9 Å². The van der Waals surface area contributed by atoms with Crippen LogP contribution in [0.1, 0.15) is 12.5 Å². The number of hydrogen-bond acceptors (Lipinski definition) is 7. The standard InChI is InChI=1S/C26H24N4O4S/c1-17(18-8-12-20(33-2)13-9-18)28-29-24(31)16-35-26-27-23-7-5-4-6-22(23)25(32)30(26)19-10-14-21(34-3)15-11-19/h4-15H,16H2,1-3H3,(H,29,31)/b28-17+. The normalized spacial score (nSPS) is 11.3. The summed E-state index contributed by atoms with van der Waals surface area (Å²) in [6.07, 6.45) is 0. The molecule has 178 valence electrons. The van der Waals surface area contributed by atoms with Crippen LogP contribution in [0.15, 0.2) is 87.8 Å². The lowest BCUT2D eigenvalue weighted by Crippen LogP contribution is -2.24. The zero-order valence-electron chi connectivity index (χ0n) is 19.5. The first-order valence-corrected chi connectivity index (χ1v) is 11.8. The Kier molecular flexibility index (Phi) is 7.47. The first-order valence-electron chi connectivity index (χ1n) is 10.8. The predicted molar refractivity (Wildman–Crippen MR) is 138 cm³/mol. The maximum absolute atomic E-state index is 13.3. The number of methoxy groups -OCH3 is 2. The van der Waals surface area contributed by atoms with Crippen LogP contribution in [-0.4, -0.2) is 41.1 Å². The van der Waals surface area contributed by atoms with Crippen molar-refractivity contribution in [1.82, 2.24) is 15.0 Å². The van der Waals surface area contributed by atoms with E-state index in [4.69, 9.17) is 9.47 Å². The number of ether oxygens (including phenoxy) is 2. The number of benzene rings is 3. The summed E-state index contributed by atoms with van der Waals surface area (Å²) in [7, 11) is 3.18. The van der Waals surface area contributed by atoms with Gasteiger partial charge in [0, 0.05) is 0 Å². The molecule has 0 aliphatic rings. The lowest BCUT2D eigenvalue weighted by atomic mass is 10.1. The molecule has 0 radical (unpaired) electrons. The molecule has 0 unspecified atom stereocenters. The molecule has 0 saturated carbocycles. The molecular weight excluding hydrogens is 464 g/mol. The first-order chi connectivity index (χ1) is 17.0. The second kappa shape index (κ2) is 10.9.